The van der Waals surface area contributed by atoms with Crippen molar-refractivity contribution in [2.45, 2.75) is 6.67 Å². The van der Waals surface area contributed by atoms with Gasteiger partial charge in [-0.1, -0.05) is 34.5 Å². The number of nitrogens with zero attached hydrogens (tertiary/aromatic N) is 3. The molecule has 0 aliphatic carbocycles. The first-order valence-electron chi connectivity index (χ1n) is 8.41. The van der Waals surface area contributed by atoms with Crippen molar-refractivity contribution in [2.24, 2.45) is 4.99 Å². The molecule has 5 rings (SSSR count). The maximum atomic E-state index is 13.1. The summed E-state index contributed by atoms with van der Waals surface area (Å²) in [4.78, 5) is 32.7. The molecule has 3 aromatic rings. The zero-order chi connectivity index (χ0) is 19.4. The lowest BCUT2D eigenvalue weighted by Gasteiger charge is -2.25. The number of thiazole rings is 1. The van der Waals surface area contributed by atoms with Gasteiger partial charge in [-0.2, -0.15) is 0 Å². The Morgan fingerprint density at radius 2 is 1.79 bits per heavy atom. The van der Waals surface area contributed by atoms with E-state index in [-0.39, 0.29) is 11.5 Å². The number of anilines is 2. The summed E-state index contributed by atoms with van der Waals surface area (Å²) in [7, 11) is 0. The number of hydrogen-bond acceptors (Lipinski definition) is 5. The number of carbonyl (C=O) groups excluding carboxylic acids is 1. The minimum atomic E-state index is -0.303. The number of rotatable bonds is 1. The minimum Gasteiger partial charge on any atom is -0.334 e. The van der Waals surface area contributed by atoms with Crippen LogP contribution >= 0.6 is 34.5 Å². The zero-order valence-electron chi connectivity index (χ0n) is 14.3. The Morgan fingerprint density at radius 1 is 1.04 bits per heavy atom. The van der Waals surface area contributed by atoms with Crippen molar-refractivity contribution < 1.29 is 4.79 Å². The lowest BCUT2D eigenvalue weighted by molar-refractivity contribution is -0.110. The Bertz CT molecular complexity index is 1310. The predicted octanol–water partition coefficient (Wildman–Crippen LogP) is 2.42. The Hall–Kier alpha value is -2.61. The van der Waals surface area contributed by atoms with E-state index in [1.54, 1.807) is 34.9 Å². The standard InChI is InChI=1S/C19H12Cl2N4O2S/c20-10-1-4-12(5-2-10)24-8-22-19-25(9-24)18(27)16(28-19)15-13-7-11(21)3-6-14(13)23-17(15)26/h1-7H,8-9H2,(H,23,26)/b16-15-. The van der Waals surface area contributed by atoms with Crippen molar-refractivity contribution in [1.82, 2.24) is 4.57 Å². The summed E-state index contributed by atoms with van der Waals surface area (Å²) in [5, 5.41) is 3.95. The molecule has 2 aliphatic heterocycles. The third kappa shape index (κ3) is 2.74. The second kappa shape index (κ2) is 6.48. The molecule has 28 heavy (non-hydrogen) atoms. The summed E-state index contributed by atoms with van der Waals surface area (Å²) >= 11 is 13.3. The molecule has 0 radical (unpaired) electrons. The van der Waals surface area contributed by atoms with Crippen molar-refractivity contribution in [1.29, 1.82) is 0 Å². The number of nitrogens with one attached hydrogen (secondary N) is 1. The lowest BCUT2D eigenvalue weighted by atomic mass is 10.1. The van der Waals surface area contributed by atoms with Crippen molar-refractivity contribution in [3.63, 3.8) is 0 Å². The quantitative estimate of drug-likeness (QED) is 0.644. The topological polar surface area (TPSA) is 66.7 Å². The van der Waals surface area contributed by atoms with E-state index < -0.39 is 0 Å². The molecular formula is C19H12Cl2N4O2S. The molecule has 0 unspecified atom stereocenters. The van der Waals surface area contributed by atoms with E-state index >= 15 is 0 Å². The van der Waals surface area contributed by atoms with Gasteiger partial charge < -0.3 is 10.2 Å². The third-order valence-corrected chi connectivity index (χ3v) is 6.30. The molecule has 1 aromatic heterocycles. The molecule has 0 fully saturated rings. The average molecular weight is 431 g/mol. The maximum Gasteiger partial charge on any atom is 0.272 e. The fourth-order valence-electron chi connectivity index (χ4n) is 3.34. The second-order valence-electron chi connectivity index (χ2n) is 6.42. The molecule has 0 saturated carbocycles. The van der Waals surface area contributed by atoms with Crippen LogP contribution in [-0.4, -0.2) is 17.1 Å². The van der Waals surface area contributed by atoms with Gasteiger partial charge in [-0.25, -0.2) is 4.99 Å². The number of amides is 1. The molecule has 2 aromatic carbocycles. The van der Waals surface area contributed by atoms with Crippen molar-refractivity contribution >= 4 is 57.4 Å². The highest BCUT2D eigenvalue weighted by molar-refractivity contribution is 7.07. The van der Waals surface area contributed by atoms with Gasteiger partial charge in [0.15, 0.2) is 4.80 Å². The summed E-state index contributed by atoms with van der Waals surface area (Å²) in [6.07, 6.45) is 0. The second-order valence-corrected chi connectivity index (χ2v) is 8.27. The van der Waals surface area contributed by atoms with Crippen LogP contribution in [0.2, 0.25) is 10.0 Å². The molecule has 0 bridgehead atoms. The van der Waals surface area contributed by atoms with Crippen LogP contribution in [0, 0.1) is 0 Å². The molecule has 2 aliphatic rings. The van der Waals surface area contributed by atoms with Gasteiger partial charge in [-0.3, -0.25) is 14.2 Å². The average Bonchev–Trinajstić information content (AvgIpc) is 3.17. The Kier molecular flexibility index (Phi) is 4.04. The lowest BCUT2D eigenvalue weighted by Crippen LogP contribution is -2.43. The largest absolute Gasteiger partial charge is 0.334 e. The number of aromatic nitrogens is 1. The molecule has 0 saturated heterocycles. The van der Waals surface area contributed by atoms with Crippen LogP contribution in [-0.2, 0) is 11.5 Å². The molecule has 3 heterocycles. The Morgan fingerprint density at radius 3 is 2.57 bits per heavy atom. The number of halogens is 2. The first kappa shape index (κ1) is 17.5. The highest BCUT2D eigenvalue weighted by Gasteiger charge is 2.28. The molecule has 0 spiro atoms. The monoisotopic (exact) mass is 430 g/mol. The summed E-state index contributed by atoms with van der Waals surface area (Å²) in [5.41, 5.74) is 2.33. The van der Waals surface area contributed by atoms with Gasteiger partial charge >= 0.3 is 0 Å². The molecule has 0 atom stereocenters. The van der Waals surface area contributed by atoms with Gasteiger partial charge in [0, 0.05) is 27.0 Å². The number of hydrogen-bond donors (Lipinski definition) is 1. The summed E-state index contributed by atoms with van der Waals surface area (Å²) in [5.74, 6) is -0.303. The van der Waals surface area contributed by atoms with E-state index in [1.165, 1.54) is 11.3 Å². The van der Waals surface area contributed by atoms with Crippen molar-refractivity contribution in [2.75, 3.05) is 16.9 Å². The predicted molar refractivity (Wildman–Crippen MR) is 111 cm³/mol. The van der Waals surface area contributed by atoms with Crippen LogP contribution < -0.4 is 25.1 Å². The van der Waals surface area contributed by atoms with E-state index in [2.05, 4.69) is 10.3 Å². The van der Waals surface area contributed by atoms with E-state index in [0.29, 0.717) is 49.5 Å². The number of benzene rings is 2. The van der Waals surface area contributed by atoms with Gasteiger partial charge in [0.05, 0.1) is 5.57 Å². The molecule has 1 amide bonds. The van der Waals surface area contributed by atoms with Crippen LogP contribution in [0.3, 0.4) is 0 Å². The van der Waals surface area contributed by atoms with Gasteiger partial charge in [0.2, 0.25) is 0 Å². The molecular weight excluding hydrogens is 419 g/mol. The third-order valence-electron chi connectivity index (χ3n) is 4.70. The summed E-state index contributed by atoms with van der Waals surface area (Å²) in [6.45, 7) is 0.776. The van der Waals surface area contributed by atoms with E-state index in [4.69, 9.17) is 23.2 Å². The fourth-order valence-corrected chi connectivity index (χ4v) is 4.70. The maximum absolute atomic E-state index is 13.1. The molecule has 140 valence electrons. The number of carbonyl (C=O) groups is 1. The highest BCUT2D eigenvalue weighted by atomic mass is 35.5. The highest BCUT2D eigenvalue weighted by Crippen LogP contribution is 2.32. The van der Waals surface area contributed by atoms with Crippen LogP contribution in [0.5, 0.6) is 0 Å². The van der Waals surface area contributed by atoms with E-state index in [9.17, 15) is 9.59 Å². The molecule has 9 heteroatoms. The Labute approximate surface area is 173 Å². The van der Waals surface area contributed by atoms with Crippen LogP contribution in [0.1, 0.15) is 5.56 Å². The van der Waals surface area contributed by atoms with Crippen molar-refractivity contribution in [3.05, 3.63) is 77.8 Å². The van der Waals surface area contributed by atoms with Crippen LogP contribution in [0.15, 0.2) is 52.3 Å². The Balaban J connectivity index is 1.65. The molecule has 1 N–H and O–H groups in total. The fraction of sp³-hybridized carbons (Fsp3) is 0.105. The number of fused-ring (bicyclic) bond motifs is 2. The van der Waals surface area contributed by atoms with Gasteiger partial charge in [-0.05, 0) is 42.5 Å². The van der Waals surface area contributed by atoms with Gasteiger partial charge in [0.25, 0.3) is 11.5 Å². The summed E-state index contributed by atoms with van der Waals surface area (Å²) < 4.78 is 1.95. The smallest absolute Gasteiger partial charge is 0.272 e. The van der Waals surface area contributed by atoms with E-state index in [0.717, 1.165) is 5.69 Å². The first-order valence-corrected chi connectivity index (χ1v) is 9.99. The minimum absolute atomic E-state index is 0.236. The van der Waals surface area contributed by atoms with Gasteiger partial charge in [-0.15, -0.1) is 0 Å². The zero-order valence-corrected chi connectivity index (χ0v) is 16.6. The van der Waals surface area contributed by atoms with Gasteiger partial charge in [0.1, 0.15) is 17.9 Å². The molecule has 6 nitrogen and oxygen atoms in total. The SMILES string of the molecule is O=C1Nc2ccc(Cl)cc2/C1=c1/sc2n(c1=O)CN(c1ccc(Cl)cc1)CN=2. The van der Waals surface area contributed by atoms with Crippen LogP contribution in [0.25, 0.3) is 5.57 Å². The van der Waals surface area contributed by atoms with Crippen LogP contribution in [0.4, 0.5) is 11.4 Å². The first-order chi connectivity index (χ1) is 13.5. The van der Waals surface area contributed by atoms with Crippen molar-refractivity contribution in [3.8, 4) is 0 Å². The summed E-state index contributed by atoms with van der Waals surface area (Å²) in [6, 6.07) is 12.5. The normalized spacial score (nSPS) is 17.1. The van der Waals surface area contributed by atoms with E-state index in [1.807, 2.05) is 17.0 Å².